The van der Waals surface area contributed by atoms with E-state index in [9.17, 15) is 13.2 Å². The summed E-state index contributed by atoms with van der Waals surface area (Å²) in [7, 11) is -2.05. The SMILES string of the molecule is Cc1c(S(=O)(=O)NCc2ccccc2Cl)cc(C(=O)N2CCCC2)n1C. The standard InChI is InChI=1S/C18H22ClN3O3S/c1-13-17(11-16(21(13)2)18(23)22-9-5-6-10-22)26(24,25)20-12-14-7-3-4-8-15(14)19/h3-4,7-8,11,20H,5-6,9-10,12H2,1-2H3. The number of rotatable bonds is 5. The van der Waals surface area contributed by atoms with E-state index in [-0.39, 0.29) is 17.3 Å². The number of halogens is 1. The number of amides is 1. The molecule has 0 saturated carbocycles. The Labute approximate surface area is 158 Å². The van der Waals surface area contributed by atoms with Crippen LogP contribution in [0, 0.1) is 6.92 Å². The van der Waals surface area contributed by atoms with Crippen LogP contribution in [0.3, 0.4) is 0 Å². The summed E-state index contributed by atoms with van der Waals surface area (Å²) in [5.74, 6) is -0.124. The zero-order chi connectivity index (χ0) is 18.9. The van der Waals surface area contributed by atoms with Gasteiger partial charge in [0.1, 0.15) is 10.6 Å². The van der Waals surface area contributed by atoms with Crippen LogP contribution in [-0.2, 0) is 23.6 Å². The molecule has 0 spiro atoms. The fourth-order valence-corrected chi connectivity index (χ4v) is 4.62. The second kappa shape index (κ2) is 7.42. The smallest absolute Gasteiger partial charge is 0.270 e. The molecule has 1 saturated heterocycles. The zero-order valence-corrected chi connectivity index (χ0v) is 16.4. The molecule has 140 valence electrons. The maximum Gasteiger partial charge on any atom is 0.270 e. The summed E-state index contributed by atoms with van der Waals surface area (Å²) in [5, 5.41) is 0.505. The number of hydrogen-bond acceptors (Lipinski definition) is 3. The quantitative estimate of drug-likeness (QED) is 0.846. The molecule has 1 aromatic carbocycles. The molecule has 2 heterocycles. The van der Waals surface area contributed by atoms with E-state index in [1.807, 2.05) is 0 Å². The second-order valence-electron chi connectivity index (χ2n) is 6.45. The van der Waals surface area contributed by atoms with Gasteiger partial charge in [-0.15, -0.1) is 0 Å². The van der Waals surface area contributed by atoms with E-state index in [1.54, 1.807) is 47.7 Å². The molecule has 8 heteroatoms. The van der Waals surface area contributed by atoms with E-state index in [1.165, 1.54) is 6.07 Å². The van der Waals surface area contributed by atoms with Gasteiger partial charge in [0.05, 0.1) is 0 Å². The summed E-state index contributed by atoms with van der Waals surface area (Å²) in [4.78, 5) is 14.5. The highest BCUT2D eigenvalue weighted by molar-refractivity contribution is 7.89. The van der Waals surface area contributed by atoms with Gasteiger partial charge in [-0.1, -0.05) is 29.8 Å². The Morgan fingerprint density at radius 1 is 1.23 bits per heavy atom. The number of hydrogen-bond donors (Lipinski definition) is 1. The van der Waals surface area contributed by atoms with Gasteiger partial charge < -0.3 is 9.47 Å². The Kier molecular flexibility index (Phi) is 5.41. The molecule has 6 nitrogen and oxygen atoms in total. The van der Waals surface area contributed by atoms with Gasteiger partial charge >= 0.3 is 0 Å². The molecule has 0 bridgehead atoms. The summed E-state index contributed by atoms with van der Waals surface area (Å²) in [6, 6.07) is 8.54. The van der Waals surface area contributed by atoms with Crippen LogP contribution in [0.15, 0.2) is 35.2 Å². The van der Waals surface area contributed by atoms with Gasteiger partial charge in [-0.25, -0.2) is 13.1 Å². The van der Waals surface area contributed by atoms with Gasteiger partial charge in [0.25, 0.3) is 5.91 Å². The van der Waals surface area contributed by atoms with Crippen LogP contribution in [0.5, 0.6) is 0 Å². The monoisotopic (exact) mass is 395 g/mol. The van der Waals surface area contributed by atoms with Crippen molar-refractivity contribution in [2.75, 3.05) is 13.1 Å². The number of nitrogens with one attached hydrogen (secondary N) is 1. The third kappa shape index (κ3) is 3.65. The summed E-state index contributed by atoms with van der Waals surface area (Å²) >= 11 is 6.08. The third-order valence-electron chi connectivity index (χ3n) is 4.80. The minimum atomic E-state index is -3.76. The molecule has 1 aliphatic heterocycles. The molecule has 3 rings (SSSR count). The molecule has 0 unspecified atom stereocenters. The van der Waals surface area contributed by atoms with Gasteiger partial charge in [-0.05, 0) is 37.5 Å². The first-order chi connectivity index (χ1) is 12.3. The van der Waals surface area contributed by atoms with Crippen molar-refractivity contribution in [2.24, 2.45) is 7.05 Å². The number of sulfonamides is 1. The molecule has 0 atom stereocenters. The average Bonchev–Trinajstić information content (AvgIpc) is 3.24. The molecule has 2 aromatic rings. The van der Waals surface area contributed by atoms with E-state index < -0.39 is 10.0 Å². The van der Waals surface area contributed by atoms with E-state index in [4.69, 9.17) is 11.6 Å². The Hall–Kier alpha value is -1.83. The van der Waals surface area contributed by atoms with Crippen LogP contribution in [0.25, 0.3) is 0 Å². The Morgan fingerprint density at radius 2 is 1.88 bits per heavy atom. The maximum atomic E-state index is 12.8. The lowest BCUT2D eigenvalue weighted by molar-refractivity contribution is 0.0783. The lowest BCUT2D eigenvalue weighted by atomic mass is 10.2. The van der Waals surface area contributed by atoms with E-state index in [0.717, 1.165) is 25.9 Å². The Balaban J connectivity index is 1.84. The number of carbonyl (C=O) groups excluding carboxylic acids is 1. The second-order valence-corrected chi connectivity index (χ2v) is 8.60. The maximum absolute atomic E-state index is 12.8. The lowest BCUT2D eigenvalue weighted by Crippen LogP contribution is -2.29. The first-order valence-electron chi connectivity index (χ1n) is 8.50. The van der Waals surface area contributed by atoms with Gasteiger partial charge in [0.15, 0.2) is 0 Å². The van der Waals surface area contributed by atoms with Crippen molar-refractivity contribution in [3.8, 4) is 0 Å². The molecular formula is C18H22ClN3O3S. The summed E-state index contributed by atoms with van der Waals surface area (Å²) in [5.41, 5.74) is 1.61. The van der Waals surface area contributed by atoms with Crippen molar-refractivity contribution in [3.05, 3.63) is 52.3 Å². The van der Waals surface area contributed by atoms with Gasteiger partial charge in [0, 0.05) is 37.4 Å². The van der Waals surface area contributed by atoms with E-state index in [2.05, 4.69) is 4.72 Å². The summed E-state index contributed by atoms with van der Waals surface area (Å²) < 4.78 is 29.7. The van der Waals surface area contributed by atoms with Crippen molar-refractivity contribution in [3.63, 3.8) is 0 Å². The topological polar surface area (TPSA) is 71.4 Å². The van der Waals surface area contributed by atoms with E-state index >= 15 is 0 Å². The number of carbonyl (C=O) groups is 1. The van der Waals surface area contributed by atoms with Crippen molar-refractivity contribution < 1.29 is 13.2 Å². The van der Waals surface area contributed by atoms with Crippen molar-refractivity contribution in [1.29, 1.82) is 0 Å². The van der Waals surface area contributed by atoms with Crippen LogP contribution in [0.2, 0.25) is 5.02 Å². The Morgan fingerprint density at radius 3 is 2.54 bits per heavy atom. The van der Waals surface area contributed by atoms with Gasteiger partial charge in [-0.3, -0.25) is 4.79 Å². The molecule has 1 amide bonds. The van der Waals surface area contributed by atoms with Crippen LogP contribution in [-0.4, -0.2) is 36.9 Å². The molecule has 1 fully saturated rings. The highest BCUT2D eigenvalue weighted by atomic mass is 35.5. The minimum absolute atomic E-state index is 0.0890. The largest absolute Gasteiger partial charge is 0.343 e. The first-order valence-corrected chi connectivity index (χ1v) is 10.4. The number of likely N-dealkylation sites (tertiary alicyclic amines) is 1. The molecule has 0 radical (unpaired) electrons. The van der Waals surface area contributed by atoms with Crippen LogP contribution in [0.4, 0.5) is 0 Å². The number of aromatic nitrogens is 1. The summed E-state index contributed by atoms with van der Waals surface area (Å²) in [6.45, 7) is 3.22. The molecule has 1 aromatic heterocycles. The van der Waals surface area contributed by atoms with Gasteiger partial charge in [0.2, 0.25) is 10.0 Å². The average molecular weight is 396 g/mol. The van der Waals surface area contributed by atoms with Crippen molar-refractivity contribution >= 4 is 27.5 Å². The van der Waals surface area contributed by atoms with E-state index in [0.29, 0.717) is 22.0 Å². The van der Waals surface area contributed by atoms with Crippen LogP contribution in [0.1, 0.15) is 34.6 Å². The first kappa shape index (κ1) is 18.9. The van der Waals surface area contributed by atoms with Crippen molar-refractivity contribution in [1.82, 2.24) is 14.2 Å². The van der Waals surface area contributed by atoms with Crippen LogP contribution >= 0.6 is 11.6 Å². The van der Waals surface area contributed by atoms with Crippen LogP contribution < -0.4 is 4.72 Å². The third-order valence-corrected chi connectivity index (χ3v) is 6.69. The van der Waals surface area contributed by atoms with Crippen molar-refractivity contribution in [2.45, 2.75) is 31.2 Å². The number of benzene rings is 1. The summed E-state index contributed by atoms with van der Waals surface area (Å²) in [6.07, 6.45) is 1.97. The molecule has 26 heavy (non-hydrogen) atoms. The number of nitrogens with zero attached hydrogens (tertiary/aromatic N) is 2. The lowest BCUT2D eigenvalue weighted by Gasteiger charge is -2.15. The molecule has 1 N–H and O–H groups in total. The fourth-order valence-electron chi connectivity index (χ4n) is 3.12. The minimum Gasteiger partial charge on any atom is -0.343 e. The molecule has 0 aliphatic carbocycles. The predicted molar refractivity (Wildman–Crippen MR) is 101 cm³/mol. The Bertz CT molecular complexity index is 931. The normalized spacial score (nSPS) is 14.8. The molecular weight excluding hydrogens is 374 g/mol. The zero-order valence-electron chi connectivity index (χ0n) is 14.8. The van der Waals surface area contributed by atoms with Gasteiger partial charge in [-0.2, -0.15) is 0 Å². The fraction of sp³-hybridized carbons (Fsp3) is 0.389. The molecule has 1 aliphatic rings. The predicted octanol–water partition coefficient (Wildman–Crippen LogP) is 2.70. The highest BCUT2D eigenvalue weighted by Gasteiger charge is 2.27. The highest BCUT2D eigenvalue weighted by Crippen LogP contribution is 2.23.